The number of rotatable bonds is 2. The Bertz CT molecular complexity index is 831. The molecule has 9 heteroatoms. The van der Waals surface area contributed by atoms with E-state index in [0.29, 0.717) is 6.54 Å². The smallest absolute Gasteiger partial charge is 0.303 e. The van der Waals surface area contributed by atoms with E-state index in [1.54, 1.807) is 9.88 Å². The van der Waals surface area contributed by atoms with Crippen molar-refractivity contribution in [1.82, 2.24) is 14.9 Å². The first-order valence-electron chi connectivity index (χ1n) is 7.09. The van der Waals surface area contributed by atoms with Crippen molar-refractivity contribution < 1.29 is 22.0 Å². The van der Waals surface area contributed by atoms with E-state index in [9.17, 15) is 26.7 Å². The highest BCUT2D eigenvalue weighted by molar-refractivity contribution is 5.23. The lowest BCUT2D eigenvalue weighted by molar-refractivity contribution is -0.145. The highest BCUT2D eigenvalue weighted by Gasteiger charge is 2.35. The highest BCUT2D eigenvalue weighted by Crippen LogP contribution is 2.27. The maximum absolute atomic E-state index is 13.7. The molecule has 3 rings (SSSR count). The third kappa shape index (κ3) is 3.30. The number of nitrogens with zero attached hydrogens (tertiary/aromatic N) is 2. The van der Waals surface area contributed by atoms with Crippen molar-refractivity contribution in [2.45, 2.75) is 25.7 Å². The number of H-pyrrole nitrogens is 1. The average Bonchev–Trinajstić information content (AvgIpc) is 2.49. The highest BCUT2D eigenvalue weighted by atomic mass is 19.4. The molecule has 0 atom stereocenters. The number of nitrogens with one attached hydrogen (secondary N) is 1. The Labute approximate surface area is 132 Å². The maximum atomic E-state index is 13.7. The van der Waals surface area contributed by atoms with Gasteiger partial charge in [-0.25, -0.2) is 13.8 Å². The minimum atomic E-state index is -4.72. The molecule has 0 fully saturated rings. The normalized spacial score (nSPS) is 15.4. The summed E-state index contributed by atoms with van der Waals surface area (Å²) in [5.41, 5.74) is -0.369. The van der Waals surface area contributed by atoms with Gasteiger partial charge in [0.1, 0.15) is 11.6 Å². The molecule has 1 N–H and O–H groups in total. The van der Waals surface area contributed by atoms with Gasteiger partial charge in [-0.1, -0.05) is 6.07 Å². The Balaban J connectivity index is 1.83. The van der Waals surface area contributed by atoms with Gasteiger partial charge in [0.15, 0.2) is 0 Å². The average molecular weight is 345 g/mol. The third-order valence-corrected chi connectivity index (χ3v) is 3.83. The van der Waals surface area contributed by atoms with E-state index in [1.807, 2.05) is 0 Å². The topological polar surface area (TPSA) is 49.0 Å². The number of hydrogen-bond donors (Lipinski definition) is 1. The Morgan fingerprint density at radius 2 is 2.00 bits per heavy atom. The minimum Gasteiger partial charge on any atom is -0.303 e. The second-order valence-electron chi connectivity index (χ2n) is 5.53. The van der Waals surface area contributed by atoms with Gasteiger partial charge in [0.25, 0.3) is 5.56 Å². The maximum Gasteiger partial charge on any atom is 0.449 e. The number of alkyl halides is 3. The van der Waals surface area contributed by atoms with Crippen LogP contribution in [0.1, 0.15) is 22.6 Å². The zero-order chi connectivity index (χ0) is 17.5. The van der Waals surface area contributed by atoms with Crippen LogP contribution in [-0.4, -0.2) is 21.4 Å². The summed E-state index contributed by atoms with van der Waals surface area (Å²) < 4.78 is 64.6. The molecule has 4 nitrogen and oxygen atoms in total. The Kier molecular flexibility index (Phi) is 4.12. The number of aromatic nitrogens is 2. The largest absolute Gasteiger partial charge is 0.449 e. The lowest BCUT2D eigenvalue weighted by Crippen LogP contribution is -2.36. The molecule has 0 bridgehead atoms. The predicted molar refractivity (Wildman–Crippen MR) is 74.0 cm³/mol. The van der Waals surface area contributed by atoms with Gasteiger partial charge in [0, 0.05) is 37.7 Å². The van der Waals surface area contributed by atoms with E-state index in [1.165, 1.54) is 6.07 Å². The molecule has 0 spiro atoms. The zero-order valence-electron chi connectivity index (χ0n) is 12.3. The number of aromatic amines is 1. The van der Waals surface area contributed by atoms with E-state index in [-0.39, 0.29) is 36.3 Å². The fraction of sp³-hybridized carbons (Fsp3) is 0.333. The van der Waals surface area contributed by atoms with Crippen molar-refractivity contribution in [3.63, 3.8) is 0 Å². The molecule has 2 aromatic rings. The summed E-state index contributed by atoms with van der Waals surface area (Å²) in [7, 11) is 0. The van der Waals surface area contributed by atoms with Gasteiger partial charge in [0.2, 0.25) is 5.82 Å². The van der Waals surface area contributed by atoms with Gasteiger partial charge >= 0.3 is 6.18 Å². The van der Waals surface area contributed by atoms with Crippen LogP contribution in [0.3, 0.4) is 0 Å². The molecular formula is C15H12F5N3O. The van der Waals surface area contributed by atoms with Gasteiger partial charge in [-0.3, -0.25) is 9.69 Å². The van der Waals surface area contributed by atoms with Crippen LogP contribution in [0.15, 0.2) is 23.0 Å². The number of benzene rings is 1. The molecule has 24 heavy (non-hydrogen) atoms. The third-order valence-electron chi connectivity index (χ3n) is 3.83. The van der Waals surface area contributed by atoms with E-state index in [0.717, 1.165) is 12.1 Å². The van der Waals surface area contributed by atoms with Gasteiger partial charge in [-0.15, -0.1) is 0 Å². The molecule has 1 aliphatic rings. The number of fused-ring (bicyclic) bond motifs is 1. The van der Waals surface area contributed by atoms with Crippen molar-refractivity contribution >= 4 is 0 Å². The first-order valence-corrected chi connectivity index (χ1v) is 7.09. The van der Waals surface area contributed by atoms with Crippen LogP contribution < -0.4 is 5.56 Å². The SMILES string of the molecule is O=c1[nH]c(C(F)(F)F)nc2c1CN(Cc1ccc(F)cc1F)CC2. The summed E-state index contributed by atoms with van der Waals surface area (Å²) in [6.45, 7) is 0.482. The monoisotopic (exact) mass is 345 g/mol. The molecule has 2 heterocycles. The Hall–Kier alpha value is -2.29. The molecule has 1 aliphatic heterocycles. The summed E-state index contributed by atoms with van der Waals surface area (Å²) in [6.07, 6.45) is -4.58. The van der Waals surface area contributed by atoms with Gasteiger partial charge in [-0.05, 0) is 6.07 Å². The van der Waals surface area contributed by atoms with E-state index in [4.69, 9.17) is 0 Å². The zero-order valence-corrected chi connectivity index (χ0v) is 12.3. The number of hydrogen-bond acceptors (Lipinski definition) is 3. The summed E-state index contributed by atoms with van der Waals surface area (Å²) in [5, 5.41) is 0. The molecule has 1 aromatic carbocycles. The predicted octanol–water partition coefficient (Wildman–Crippen LogP) is 2.63. The molecule has 0 saturated heterocycles. The van der Waals surface area contributed by atoms with Crippen molar-refractivity contribution in [3.05, 3.63) is 62.8 Å². The van der Waals surface area contributed by atoms with Crippen LogP contribution in [0.25, 0.3) is 0 Å². The summed E-state index contributed by atoms with van der Waals surface area (Å²) >= 11 is 0. The molecule has 1 aromatic heterocycles. The molecule has 0 saturated carbocycles. The second kappa shape index (κ2) is 5.97. The van der Waals surface area contributed by atoms with Crippen molar-refractivity contribution in [3.8, 4) is 0 Å². The van der Waals surface area contributed by atoms with Crippen molar-refractivity contribution in [2.24, 2.45) is 0 Å². The van der Waals surface area contributed by atoms with Crippen molar-refractivity contribution in [2.75, 3.05) is 6.54 Å². The Morgan fingerprint density at radius 3 is 2.67 bits per heavy atom. The van der Waals surface area contributed by atoms with Crippen molar-refractivity contribution in [1.29, 1.82) is 0 Å². The fourth-order valence-electron chi connectivity index (χ4n) is 2.64. The molecule has 0 aliphatic carbocycles. The summed E-state index contributed by atoms with van der Waals surface area (Å²) in [4.78, 5) is 18.8. The van der Waals surface area contributed by atoms with Gasteiger partial charge < -0.3 is 4.98 Å². The molecule has 0 radical (unpaired) electrons. The van der Waals surface area contributed by atoms with E-state index in [2.05, 4.69) is 4.98 Å². The molecule has 128 valence electrons. The molecular weight excluding hydrogens is 333 g/mol. The lowest BCUT2D eigenvalue weighted by atomic mass is 10.1. The summed E-state index contributed by atoms with van der Waals surface area (Å²) in [5.74, 6) is -2.72. The van der Waals surface area contributed by atoms with Crippen LogP contribution in [0.5, 0.6) is 0 Å². The van der Waals surface area contributed by atoms with Crippen LogP contribution in [0.4, 0.5) is 22.0 Å². The quantitative estimate of drug-likeness (QED) is 0.852. The summed E-state index contributed by atoms with van der Waals surface area (Å²) in [6, 6.07) is 3.19. The number of halogens is 5. The second-order valence-corrected chi connectivity index (χ2v) is 5.53. The molecule has 0 unspecified atom stereocenters. The van der Waals surface area contributed by atoms with Crippen LogP contribution >= 0.6 is 0 Å². The minimum absolute atomic E-state index is 0.0482. The Morgan fingerprint density at radius 1 is 1.25 bits per heavy atom. The van der Waals surface area contributed by atoms with Gasteiger partial charge in [0.05, 0.1) is 11.3 Å². The fourth-order valence-corrected chi connectivity index (χ4v) is 2.64. The standard InChI is InChI=1S/C15H12F5N3O/c16-9-2-1-8(11(17)5-9)6-23-4-3-12-10(7-23)13(24)22-14(21-12)15(18,19)20/h1-2,5H,3-4,6-7H2,(H,21,22,24). The van der Waals surface area contributed by atoms with Gasteiger partial charge in [-0.2, -0.15) is 13.2 Å². The van der Waals surface area contributed by atoms with Crippen LogP contribution in [0.2, 0.25) is 0 Å². The lowest BCUT2D eigenvalue weighted by Gasteiger charge is -2.28. The van der Waals surface area contributed by atoms with E-state index < -0.39 is 29.2 Å². The first kappa shape index (κ1) is 16.6. The molecule has 0 amide bonds. The van der Waals surface area contributed by atoms with Crippen LogP contribution in [-0.2, 0) is 25.7 Å². The van der Waals surface area contributed by atoms with Crippen LogP contribution in [0, 0.1) is 11.6 Å². The van der Waals surface area contributed by atoms with E-state index >= 15 is 0 Å². The first-order chi connectivity index (χ1) is 11.2.